The van der Waals surface area contributed by atoms with E-state index in [1.54, 1.807) is 0 Å². The standard InChI is InChI=1S/C20H25ClN2O3/c21-16-5-1-13(2-6-16)12-22-7-9-23(10-8-22)19(24)17-14-3-4-15(11-14)18(17)20(25)26/h1-2,5-6,14-15,17-18H,3-4,7-12H2,(H,25,26). The Bertz CT molecular complexity index is 685. The van der Waals surface area contributed by atoms with E-state index in [4.69, 9.17) is 11.6 Å². The number of halogens is 1. The molecule has 3 fully saturated rings. The summed E-state index contributed by atoms with van der Waals surface area (Å²) < 4.78 is 0. The summed E-state index contributed by atoms with van der Waals surface area (Å²) in [6.45, 7) is 3.88. The minimum absolute atomic E-state index is 0.0794. The molecule has 140 valence electrons. The lowest BCUT2D eigenvalue weighted by molar-refractivity contribution is -0.153. The van der Waals surface area contributed by atoms with Gasteiger partial charge in [0.2, 0.25) is 5.91 Å². The number of carboxylic acids is 1. The molecule has 5 nitrogen and oxygen atoms in total. The number of carbonyl (C=O) groups is 2. The molecule has 1 amide bonds. The van der Waals surface area contributed by atoms with Gasteiger partial charge in [0.05, 0.1) is 11.8 Å². The second kappa shape index (κ2) is 7.20. The van der Waals surface area contributed by atoms with Gasteiger partial charge in [-0.2, -0.15) is 0 Å². The molecular weight excluding hydrogens is 352 g/mol. The van der Waals surface area contributed by atoms with E-state index >= 15 is 0 Å². The zero-order valence-electron chi connectivity index (χ0n) is 14.8. The molecule has 1 saturated heterocycles. The van der Waals surface area contributed by atoms with Crippen molar-refractivity contribution in [2.45, 2.75) is 25.8 Å². The summed E-state index contributed by atoms with van der Waals surface area (Å²) in [4.78, 5) is 29.0. The molecular formula is C20H25ClN2O3. The molecule has 26 heavy (non-hydrogen) atoms. The van der Waals surface area contributed by atoms with Crippen LogP contribution in [0.1, 0.15) is 24.8 Å². The van der Waals surface area contributed by atoms with Crippen molar-refractivity contribution < 1.29 is 14.7 Å². The van der Waals surface area contributed by atoms with E-state index in [0.29, 0.717) is 13.1 Å². The number of piperazine rings is 1. The fourth-order valence-corrected chi connectivity index (χ4v) is 5.31. The Labute approximate surface area is 158 Å². The van der Waals surface area contributed by atoms with Crippen molar-refractivity contribution in [2.24, 2.45) is 23.7 Å². The third kappa shape index (κ3) is 3.35. The second-order valence-corrected chi connectivity index (χ2v) is 8.39. The van der Waals surface area contributed by atoms with Gasteiger partial charge in [-0.25, -0.2) is 0 Å². The third-order valence-electron chi connectivity index (χ3n) is 6.49. The van der Waals surface area contributed by atoms with Crippen LogP contribution in [0.5, 0.6) is 0 Å². The molecule has 1 aromatic carbocycles. The van der Waals surface area contributed by atoms with Crippen molar-refractivity contribution in [3.05, 3.63) is 34.9 Å². The van der Waals surface area contributed by atoms with Crippen LogP contribution in [-0.4, -0.2) is 53.0 Å². The molecule has 1 aromatic rings. The van der Waals surface area contributed by atoms with Gasteiger partial charge >= 0.3 is 5.97 Å². The van der Waals surface area contributed by atoms with E-state index in [1.807, 2.05) is 29.2 Å². The first kappa shape index (κ1) is 17.8. The minimum Gasteiger partial charge on any atom is -0.481 e. The van der Waals surface area contributed by atoms with Crippen LogP contribution in [0.4, 0.5) is 0 Å². The van der Waals surface area contributed by atoms with Gasteiger partial charge in [-0.3, -0.25) is 14.5 Å². The zero-order chi connectivity index (χ0) is 18.3. The predicted octanol–water partition coefficient (Wildman–Crippen LogP) is 2.73. The Morgan fingerprint density at radius 3 is 2.23 bits per heavy atom. The Morgan fingerprint density at radius 2 is 1.62 bits per heavy atom. The van der Waals surface area contributed by atoms with E-state index < -0.39 is 11.9 Å². The average Bonchev–Trinajstić information content (AvgIpc) is 3.25. The number of amides is 1. The lowest BCUT2D eigenvalue weighted by Crippen LogP contribution is -2.52. The Morgan fingerprint density at radius 1 is 1.00 bits per heavy atom. The van der Waals surface area contributed by atoms with E-state index in [9.17, 15) is 14.7 Å². The highest BCUT2D eigenvalue weighted by Gasteiger charge is 2.54. The average molecular weight is 377 g/mol. The summed E-state index contributed by atoms with van der Waals surface area (Å²) in [7, 11) is 0. The van der Waals surface area contributed by atoms with Crippen LogP contribution >= 0.6 is 11.6 Å². The molecule has 2 saturated carbocycles. The molecule has 1 heterocycles. The Hall–Kier alpha value is -1.59. The topological polar surface area (TPSA) is 60.9 Å². The first-order valence-corrected chi connectivity index (χ1v) is 9.89. The number of nitrogens with zero attached hydrogens (tertiary/aromatic N) is 2. The number of rotatable bonds is 4. The van der Waals surface area contributed by atoms with Crippen LogP contribution in [0, 0.1) is 23.7 Å². The molecule has 1 aliphatic heterocycles. The normalized spacial score (nSPS) is 31.3. The molecule has 4 atom stereocenters. The first-order chi connectivity index (χ1) is 12.5. The number of carbonyl (C=O) groups excluding carboxylic acids is 1. The first-order valence-electron chi connectivity index (χ1n) is 9.51. The molecule has 0 aromatic heterocycles. The largest absolute Gasteiger partial charge is 0.481 e. The maximum atomic E-state index is 13.0. The third-order valence-corrected chi connectivity index (χ3v) is 6.74. The van der Waals surface area contributed by atoms with Crippen LogP contribution in [-0.2, 0) is 16.1 Å². The zero-order valence-corrected chi connectivity index (χ0v) is 15.6. The minimum atomic E-state index is -0.781. The maximum absolute atomic E-state index is 13.0. The van der Waals surface area contributed by atoms with E-state index in [2.05, 4.69) is 4.90 Å². The number of hydrogen-bond donors (Lipinski definition) is 1. The summed E-state index contributed by atoms with van der Waals surface area (Å²) in [5.41, 5.74) is 1.22. The lowest BCUT2D eigenvalue weighted by atomic mass is 9.78. The fraction of sp³-hybridized carbons (Fsp3) is 0.600. The van der Waals surface area contributed by atoms with Crippen molar-refractivity contribution in [3.63, 3.8) is 0 Å². The summed E-state index contributed by atoms with van der Waals surface area (Å²) >= 11 is 5.93. The van der Waals surface area contributed by atoms with E-state index in [1.165, 1.54) is 5.56 Å². The Balaban J connectivity index is 1.35. The van der Waals surface area contributed by atoms with Crippen molar-refractivity contribution in [3.8, 4) is 0 Å². The van der Waals surface area contributed by atoms with Crippen molar-refractivity contribution >= 4 is 23.5 Å². The lowest BCUT2D eigenvalue weighted by Gasteiger charge is -2.38. The van der Waals surface area contributed by atoms with Gasteiger partial charge in [0.1, 0.15) is 0 Å². The van der Waals surface area contributed by atoms with Crippen LogP contribution in [0.25, 0.3) is 0 Å². The van der Waals surface area contributed by atoms with Gasteiger partial charge in [0.15, 0.2) is 0 Å². The SMILES string of the molecule is O=C(O)C1C2CCC(C2)C1C(=O)N1CCN(Cc2ccc(Cl)cc2)CC1. The highest BCUT2D eigenvalue weighted by Crippen LogP contribution is 2.53. The van der Waals surface area contributed by atoms with Crippen LogP contribution in [0.15, 0.2) is 24.3 Å². The van der Waals surface area contributed by atoms with Gasteiger partial charge in [-0.05, 0) is 48.8 Å². The number of benzene rings is 1. The van der Waals surface area contributed by atoms with Crippen LogP contribution in [0.2, 0.25) is 5.02 Å². The number of hydrogen-bond acceptors (Lipinski definition) is 3. The molecule has 2 aliphatic carbocycles. The molecule has 2 bridgehead atoms. The van der Waals surface area contributed by atoms with E-state index in [0.717, 1.165) is 43.9 Å². The van der Waals surface area contributed by atoms with Gasteiger partial charge in [-0.1, -0.05) is 23.7 Å². The second-order valence-electron chi connectivity index (χ2n) is 7.95. The fourth-order valence-electron chi connectivity index (χ4n) is 5.19. The summed E-state index contributed by atoms with van der Waals surface area (Å²) in [6.07, 6.45) is 2.91. The smallest absolute Gasteiger partial charge is 0.307 e. The molecule has 6 heteroatoms. The molecule has 4 rings (SSSR count). The monoisotopic (exact) mass is 376 g/mol. The van der Waals surface area contributed by atoms with Gasteiger partial charge in [-0.15, -0.1) is 0 Å². The number of carboxylic acid groups (broad SMARTS) is 1. The van der Waals surface area contributed by atoms with Crippen LogP contribution in [0.3, 0.4) is 0 Å². The van der Waals surface area contributed by atoms with Crippen LogP contribution < -0.4 is 0 Å². The molecule has 0 spiro atoms. The van der Waals surface area contributed by atoms with Gasteiger partial charge in [0.25, 0.3) is 0 Å². The molecule has 0 radical (unpaired) electrons. The molecule has 4 unspecified atom stereocenters. The Kier molecular flexibility index (Phi) is 4.93. The summed E-state index contributed by atoms with van der Waals surface area (Å²) in [6, 6.07) is 7.87. The van der Waals surface area contributed by atoms with Gasteiger partial charge < -0.3 is 10.0 Å². The number of aliphatic carboxylic acids is 1. The van der Waals surface area contributed by atoms with Crippen molar-refractivity contribution in [1.82, 2.24) is 9.80 Å². The maximum Gasteiger partial charge on any atom is 0.307 e. The summed E-state index contributed by atoms with van der Waals surface area (Å²) in [5, 5.41) is 10.3. The highest BCUT2D eigenvalue weighted by molar-refractivity contribution is 6.30. The number of fused-ring (bicyclic) bond motifs is 2. The van der Waals surface area contributed by atoms with E-state index in [-0.39, 0.29) is 23.7 Å². The highest BCUT2D eigenvalue weighted by atomic mass is 35.5. The van der Waals surface area contributed by atoms with Crippen molar-refractivity contribution in [1.29, 1.82) is 0 Å². The molecule has 3 aliphatic rings. The quantitative estimate of drug-likeness (QED) is 0.877. The molecule has 1 N–H and O–H groups in total. The van der Waals surface area contributed by atoms with Gasteiger partial charge in [0, 0.05) is 37.7 Å². The summed E-state index contributed by atoms with van der Waals surface area (Å²) in [5.74, 6) is -0.978. The predicted molar refractivity (Wildman–Crippen MR) is 98.8 cm³/mol. The van der Waals surface area contributed by atoms with Crippen molar-refractivity contribution in [2.75, 3.05) is 26.2 Å².